The third-order valence-corrected chi connectivity index (χ3v) is 4.91. The predicted octanol–water partition coefficient (Wildman–Crippen LogP) is 0.756. The number of nitrogens with two attached hydrogens (primary N) is 2. The molecular formula is C16H15N5O4S. The molecule has 10 heteroatoms. The van der Waals surface area contributed by atoms with Gasteiger partial charge in [0.15, 0.2) is 0 Å². The monoisotopic (exact) mass is 373 g/mol. The molecule has 1 aromatic heterocycles. The van der Waals surface area contributed by atoms with E-state index in [1.165, 1.54) is 12.1 Å². The molecule has 0 spiro atoms. The molecule has 26 heavy (non-hydrogen) atoms. The van der Waals surface area contributed by atoms with Crippen LogP contribution < -0.4 is 11.5 Å². The van der Waals surface area contributed by atoms with Crippen LogP contribution in [0.25, 0.3) is 11.8 Å². The molecule has 4 N–H and O–H groups in total. The zero-order chi connectivity index (χ0) is 18.9. The van der Waals surface area contributed by atoms with Crippen molar-refractivity contribution in [2.75, 3.05) is 0 Å². The number of sulfonamides is 1. The lowest BCUT2D eigenvalue weighted by Gasteiger charge is -2.08. The maximum absolute atomic E-state index is 12.0. The van der Waals surface area contributed by atoms with Gasteiger partial charge in [-0.15, -0.1) is 4.40 Å². The predicted molar refractivity (Wildman–Crippen MR) is 95.9 cm³/mol. The van der Waals surface area contributed by atoms with Gasteiger partial charge in [0.2, 0.25) is 5.96 Å². The largest absolute Gasteiger partial charge is 0.369 e. The van der Waals surface area contributed by atoms with Crippen molar-refractivity contribution < 1.29 is 18.0 Å². The molecule has 0 unspecified atom stereocenters. The summed E-state index contributed by atoms with van der Waals surface area (Å²) in [4.78, 5) is 16.3. The van der Waals surface area contributed by atoms with E-state index in [0.29, 0.717) is 22.7 Å². The normalized spacial score (nSPS) is 15.7. The first kappa shape index (κ1) is 17.4. The summed E-state index contributed by atoms with van der Waals surface area (Å²) in [7, 11) is -3.95. The van der Waals surface area contributed by atoms with Gasteiger partial charge in [-0.25, -0.2) is 4.79 Å². The van der Waals surface area contributed by atoms with E-state index in [4.69, 9.17) is 11.5 Å². The highest BCUT2D eigenvalue weighted by molar-refractivity contribution is 7.90. The highest BCUT2D eigenvalue weighted by Gasteiger charge is 2.22. The first-order chi connectivity index (χ1) is 12.3. The molecule has 0 fully saturated rings. The van der Waals surface area contributed by atoms with E-state index < -0.39 is 22.0 Å². The van der Waals surface area contributed by atoms with Crippen LogP contribution in [0.15, 0.2) is 62.6 Å². The van der Waals surface area contributed by atoms with Gasteiger partial charge in [0.05, 0.1) is 16.2 Å². The summed E-state index contributed by atoms with van der Waals surface area (Å²) in [5, 5.41) is 3.63. The van der Waals surface area contributed by atoms with Gasteiger partial charge in [-0.2, -0.15) is 8.42 Å². The van der Waals surface area contributed by atoms with Crippen LogP contribution in [0.2, 0.25) is 0 Å². The van der Waals surface area contributed by atoms with Crippen molar-refractivity contribution in [1.29, 1.82) is 0 Å². The molecule has 0 radical (unpaired) electrons. The summed E-state index contributed by atoms with van der Waals surface area (Å²) in [6.07, 6.45) is 3.43. The lowest BCUT2D eigenvalue weighted by atomic mass is 10.1. The number of hydrogen-bond acceptors (Lipinski definition) is 5. The first-order valence-electron chi connectivity index (χ1n) is 7.39. The maximum Gasteiger partial charge on any atom is 0.367 e. The van der Waals surface area contributed by atoms with E-state index in [1.54, 1.807) is 48.0 Å². The molecule has 1 aromatic carbocycles. The summed E-state index contributed by atoms with van der Waals surface area (Å²) < 4.78 is 29.0. The number of guanidine groups is 1. The van der Waals surface area contributed by atoms with Gasteiger partial charge >= 0.3 is 5.97 Å². The zero-order valence-electron chi connectivity index (χ0n) is 13.7. The second-order valence-electron chi connectivity index (χ2n) is 5.40. The van der Waals surface area contributed by atoms with E-state index in [9.17, 15) is 13.2 Å². The maximum atomic E-state index is 12.0. The van der Waals surface area contributed by atoms with Crippen molar-refractivity contribution in [3.05, 3.63) is 53.9 Å². The van der Waals surface area contributed by atoms with Crippen molar-refractivity contribution in [2.45, 2.75) is 11.8 Å². The molecule has 3 rings (SSSR count). The highest BCUT2D eigenvalue weighted by atomic mass is 32.2. The summed E-state index contributed by atoms with van der Waals surface area (Å²) in [6.45, 7) is 1.67. The Morgan fingerprint density at radius 2 is 1.92 bits per heavy atom. The van der Waals surface area contributed by atoms with E-state index >= 15 is 0 Å². The number of nitrogens with zero attached hydrogens (tertiary/aromatic N) is 3. The molecule has 0 atom stereocenters. The molecule has 1 aliphatic heterocycles. The van der Waals surface area contributed by atoms with Gasteiger partial charge in [0.25, 0.3) is 10.0 Å². The third kappa shape index (κ3) is 3.35. The van der Waals surface area contributed by atoms with Gasteiger partial charge in [-0.3, -0.25) is 0 Å². The van der Waals surface area contributed by atoms with Crippen LogP contribution in [0, 0.1) is 0 Å². The van der Waals surface area contributed by atoms with E-state index in [0.717, 1.165) is 0 Å². The summed E-state index contributed by atoms with van der Waals surface area (Å²) in [6, 6.07) is 9.59. The molecule has 2 aromatic rings. The molecule has 0 bridgehead atoms. The summed E-state index contributed by atoms with van der Waals surface area (Å²) in [5.74, 6) is -1.05. The summed E-state index contributed by atoms with van der Waals surface area (Å²) in [5.41, 5.74) is 12.5. The van der Waals surface area contributed by atoms with Crippen LogP contribution >= 0.6 is 0 Å². The second kappa shape index (κ2) is 6.48. The number of oxime groups is 1. The van der Waals surface area contributed by atoms with E-state index in [2.05, 4.69) is 14.4 Å². The first-order valence-corrected chi connectivity index (χ1v) is 8.83. The van der Waals surface area contributed by atoms with Crippen LogP contribution in [0.3, 0.4) is 0 Å². The Balaban J connectivity index is 1.97. The molecular weight excluding hydrogens is 358 g/mol. The quantitative estimate of drug-likeness (QED) is 0.350. The van der Waals surface area contributed by atoms with Crippen molar-refractivity contribution in [3.63, 3.8) is 0 Å². The van der Waals surface area contributed by atoms with Crippen LogP contribution in [-0.2, 0) is 19.7 Å². The summed E-state index contributed by atoms with van der Waals surface area (Å²) >= 11 is 0. The molecule has 2 heterocycles. The molecule has 0 aliphatic carbocycles. The van der Waals surface area contributed by atoms with Crippen LogP contribution in [0.4, 0.5) is 0 Å². The number of rotatable bonds is 4. The van der Waals surface area contributed by atoms with Gasteiger partial charge < -0.3 is 20.9 Å². The Kier molecular flexibility index (Phi) is 4.34. The Morgan fingerprint density at radius 1 is 1.23 bits per heavy atom. The average Bonchev–Trinajstić information content (AvgIpc) is 3.16. The average molecular weight is 373 g/mol. The van der Waals surface area contributed by atoms with Gasteiger partial charge in [-0.1, -0.05) is 5.16 Å². The fourth-order valence-corrected chi connectivity index (χ4v) is 3.25. The zero-order valence-corrected chi connectivity index (χ0v) is 14.5. The SMILES string of the molecule is CC1=NOC(=O)/C1=C\c1cccn1-c1ccc(S(=O)(=O)N=C(N)N)cc1. The Morgan fingerprint density at radius 3 is 2.50 bits per heavy atom. The Hall–Kier alpha value is -3.40. The topological polar surface area (TPSA) is 142 Å². The number of carbonyl (C=O) groups is 1. The number of aromatic nitrogens is 1. The minimum absolute atomic E-state index is 0.0379. The number of hydrogen-bond donors (Lipinski definition) is 2. The standard InChI is InChI=1S/C16H15N5O4S/c1-10-14(15(22)25-19-10)9-12-3-2-8-21(12)11-4-6-13(7-5-11)26(23,24)20-16(17)18/h2-9H,1H3,(H4,17,18,20)/b14-9-. The molecule has 0 amide bonds. The molecule has 0 saturated heterocycles. The smallest absolute Gasteiger partial charge is 0.367 e. The highest BCUT2D eigenvalue weighted by Crippen LogP contribution is 2.21. The number of benzene rings is 1. The molecule has 1 aliphatic rings. The third-order valence-electron chi connectivity index (χ3n) is 3.59. The second-order valence-corrected chi connectivity index (χ2v) is 7.01. The van der Waals surface area contributed by atoms with Crippen molar-refractivity contribution >= 4 is 33.7 Å². The Labute approximate surface area is 149 Å². The van der Waals surface area contributed by atoms with Crippen molar-refractivity contribution in [3.8, 4) is 5.69 Å². The molecule has 0 saturated carbocycles. The van der Waals surface area contributed by atoms with Crippen molar-refractivity contribution in [1.82, 2.24) is 4.57 Å². The van der Waals surface area contributed by atoms with Gasteiger partial charge in [0, 0.05) is 17.6 Å². The van der Waals surface area contributed by atoms with E-state index in [1.807, 2.05) is 0 Å². The molecule has 134 valence electrons. The number of carbonyl (C=O) groups excluding carboxylic acids is 1. The minimum atomic E-state index is -3.95. The lowest BCUT2D eigenvalue weighted by Crippen LogP contribution is -2.24. The van der Waals surface area contributed by atoms with Crippen LogP contribution in [-0.4, -0.2) is 30.6 Å². The van der Waals surface area contributed by atoms with Gasteiger partial charge in [0.1, 0.15) is 0 Å². The minimum Gasteiger partial charge on any atom is -0.369 e. The van der Waals surface area contributed by atoms with Crippen molar-refractivity contribution in [2.24, 2.45) is 21.0 Å². The lowest BCUT2D eigenvalue weighted by molar-refractivity contribution is -0.136. The molecule has 9 nitrogen and oxygen atoms in total. The fourth-order valence-electron chi connectivity index (χ4n) is 2.38. The Bertz CT molecular complexity index is 1060. The fraction of sp³-hybridized carbons (Fsp3) is 0.0625. The van der Waals surface area contributed by atoms with Crippen LogP contribution in [0.5, 0.6) is 0 Å². The van der Waals surface area contributed by atoms with Crippen LogP contribution in [0.1, 0.15) is 12.6 Å². The van der Waals surface area contributed by atoms with Gasteiger partial charge in [-0.05, 0) is 49.4 Å². The van der Waals surface area contributed by atoms with E-state index in [-0.39, 0.29) is 4.90 Å².